The smallest absolute Gasteiger partial charge is 0.271 e. The van der Waals surface area contributed by atoms with Crippen molar-refractivity contribution in [2.75, 3.05) is 19.0 Å². The standard InChI is InChI=1S/C17H19N3O/c1-20(2)16-10-8-15(9-11-16)17(21)19-18-13-12-14-6-4-3-5-7-14/h3-11,13H,12H2,1-2H3,(H,19,21)/b18-13+. The summed E-state index contributed by atoms with van der Waals surface area (Å²) in [7, 11) is 3.92. The Morgan fingerprint density at radius 1 is 1.10 bits per heavy atom. The number of hydrogen-bond acceptors (Lipinski definition) is 3. The number of carbonyl (C=O) groups excluding carboxylic acids is 1. The van der Waals surface area contributed by atoms with Crippen molar-refractivity contribution >= 4 is 17.8 Å². The molecule has 0 unspecified atom stereocenters. The van der Waals surface area contributed by atoms with Crippen LogP contribution in [0, 0.1) is 0 Å². The molecule has 0 atom stereocenters. The highest BCUT2D eigenvalue weighted by Crippen LogP contribution is 2.11. The van der Waals surface area contributed by atoms with Crippen LogP contribution in [0.1, 0.15) is 15.9 Å². The Balaban J connectivity index is 1.86. The van der Waals surface area contributed by atoms with Gasteiger partial charge in [0.25, 0.3) is 5.91 Å². The highest BCUT2D eigenvalue weighted by molar-refractivity contribution is 5.94. The summed E-state index contributed by atoms with van der Waals surface area (Å²) >= 11 is 0. The third-order valence-electron chi connectivity index (χ3n) is 3.07. The summed E-state index contributed by atoms with van der Waals surface area (Å²) in [5.74, 6) is -0.204. The number of nitrogens with one attached hydrogen (secondary N) is 1. The van der Waals surface area contributed by atoms with Gasteiger partial charge < -0.3 is 4.90 Å². The van der Waals surface area contributed by atoms with Crippen molar-refractivity contribution in [3.63, 3.8) is 0 Å². The molecule has 0 fully saturated rings. The molecule has 0 radical (unpaired) electrons. The predicted octanol–water partition coefficient (Wildman–Crippen LogP) is 2.71. The lowest BCUT2D eigenvalue weighted by Gasteiger charge is -2.12. The zero-order chi connectivity index (χ0) is 15.1. The summed E-state index contributed by atoms with van der Waals surface area (Å²) in [5, 5.41) is 3.97. The molecule has 0 aliphatic heterocycles. The van der Waals surface area contributed by atoms with E-state index in [2.05, 4.69) is 10.5 Å². The Morgan fingerprint density at radius 2 is 1.76 bits per heavy atom. The summed E-state index contributed by atoms with van der Waals surface area (Å²) in [5.41, 5.74) is 5.34. The number of amides is 1. The SMILES string of the molecule is CN(C)c1ccc(C(=O)N/N=C/Cc2ccccc2)cc1. The lowest BCUT2D eigenvalue weighted by Crippen LogP contribution is -2.18. The second-order valence-corrected chi connectivity index (χ2v) is 4.88. The van der Waals surface area contributed by atoms with Crippen LogP contribution in [0.25, 0.3) is 0 Å². The first-order valence-corrected chi connectivity index (χ1v) is 6.80. The summed E-state index contributed by atoms with van der Waals surface area (Å²) in [6.45, 7) is 0. The molecule has 0 aromatic heterocycles. The van der Waals surface area contributed by atoms with Crippen LogP contribution in [0.15, 0.2) is 59.7 Å². The first kappa shape index (κ1) is 14.8. The molecule has 2 aromatic carbocycles. The minimum atomic E-state index is -0.204. The van der Waals surface area contributed by atoms with Crippen molar-refractivity contribution in [3.8, 4) is 0 Å². The summed E-state index contributed by atoms with van der Waals surface area (Å²) < 4.78 is 0. The molecule has 0 spiro atoms. The largest absolute Gasteiger partial charge is 0.378 e. The van der Waals surface area contributed by atoms with Gasteiger partial charge in [0.2, 0.25) is 0 Å². The molecule has 2 rings (SSSR count). The van der Waals surface area contributed by atoms with Crippen molar-refractivity contribution in [1.82, 2.24) is 5.43 Å². The van der Waals surface area contributed by atoms with Gasteiger partial charge in [-0.1, -0.05) is 30.3 Å². The van der Waals surface area contributed by atoms with Gasteiger partial charge in [0, 0.05) is 38.0 Å². The zero-order valence-corrected chi connectivity index (χ0v) is 12.3. The van der Waals surface area contributed by atoms with Gasteiger partial charge in [-0.15, -0.1) is 0 Å². The molecule has 21 heavy (non-hydrogen) atoms. The van der Waals surface area contributed by atoms with E-state index in [1.54, 1.807) is 18.3 Å². The van der Waals surface area contributed by atoms with Gasteiger partial charge in [-0.2, -0.15) is 5.10 Å². The fourth-order valence-corrected chi connectivity index (χ4v) is 1.84. The molecule has 2 aromatic rings. The van der Waals surface area contributed by atoms with Gasteiger partial charge >= 0.3 is 0 Å². The molecule has 0 saturated carbocycles. The van der Waals surface area contributed by atoms with Crippen LogP contribution in [0.4, 0.5) is 5.69 Å². The van der Waals surface area contributed by atoms with Gasteiger partial charge in [-0.05, 0) is 29.8 Å². The molecular weight excluding hydrogens is 262 g/mol. The minimum Gasteiger partial charge on any atom is -0.378 e. The topological polar surface area (TPSA) is 44.7 Å². The molecule has 0 saturated heterocycles. The van der Waals surface area contributed by atoms with Gasteiger partial charge in [-0.25, -0.2) is 5.43 Å². The molecule has 4 nitrogen and oxygen atoms in total. The van der Waals surface area contributed by atoms with Crippen LogP contribution in [-0.2, 0) is 6.42 Å². The number of hydrazone groups is 1. The Hall–Kier alpha value is -2.62. The number of rotatable bonds is 5. The van der Waals surface area contributed by atoms with Crippen LogP contribution in [0.2, 0.25) is 0 Å². The molecule has 0 aliphatic rings. The number of benzene rings is 2. The first-order valence-electron chi connectivity index (χ1n) is 6.80. The third kappa shape index (κ3) is 4.45. The fourth-order valence-electron chi connectivity index (χ4n) is 1.84. The van der Waals surface area contributed by atoms with Gasteiger partial charge in [0.1, 0.15) is 0 Å². The number of anilines is 1. The Labute approximate surface area is 125 Å². The number of carbonyl (C=O) groups is 1. The van der Waals surface area contributed by atoms with Crippen molar-refractivity contribution in [2.24, 2.45) is 5.10 Å². The Bertz CT molecular complexity index is 604. The monoisotopic (exact) mass is 281 g/mol. The molecule has 1 N–H and O–H groups in total. The molecule has 1 amide bonds. The maximum atomic E-state index is 11.9. The molecule has 4 heteroatoms. The second-order valence-electron chi connectivity index (χ2n) is 4.88. The van der Waals surface area contributed by atoms with E-state index >= 15 is 0 Å². The highest BCUT2D eigenvalue weighted by atomic mass is 16.2. The van der Waals surface area contributed by atoms with E-state index in [1.165, 1.54) is 0 Å². The number of hydrogen-bond donors (Lipinski definition) is 1. The van der Waals surface area contributed by atoms with Crippen LogP contribution in [0.3, 0.4) is 0 Å². The normalized spacial score (nSPS) is 10.6. The van der Waals surface area contributed by atoms with Gasteiger partial charge in [0.15, 0.2) is 0 Å². The lowest BCUT2D eigenvalue weighted by atomic mass is 10.2. The van der Waals surface area contributed by atoms with Crippen molar-refractivity contribution < 1.29 is 4.79 Å². The summed E-state index contributed by atoms with van der Waals surface area (Å²) in [6.07, 6.45) is 2.39. The fraction of sp³-hybridized carbons (Fsp3) is 0.176. The van der Waals surface area contributed by atoms with Crippen LogP contribution >= 0.6 is 0 Å². The van der Waals surface area contributed by atoms with Crippen LogP contribution in [-0.4, -0.2) is 26.2 Å². The third-order valence-corrected chi connectivity index (χ3v) is 3.07. The van der Waals surface area contributed by atoms with E-state index < -0.39 is 0 Å². The molecule has 108 valence electrons. The molecular formula is C17H19N3O. The molecule has 0 aliphatic carbocycles. The van der Waals surface area contributed by atoms with E-state index in [0.29, 0.717) is 12.0 Å². The average Bonchev–Trinajstić information content (AvgIpc) is 2.52. The maximum Gasteiger partial charge on any atom is 0.271 e. The van der Waals surface area contributed by atoms with E-state index in [4.69, 9.17) is 0 Å². The summed E-state index contributed by atoms with van der Waals surface area (Å²) in [4.78, 5) is 13.9. The molecule has 0 heterocycles. The highest BCUT2D eigenvalue weighted by Gasteiger charge is 2.04. The Morgan fingerprint density at radius 3 is 2.38 bits per heavy atom. The van der Waals surface area contributed by atoms with Crippen LogP contribution < -0.4 is 10.3 Å². The van der Waals surface area contributed by atoms with Crippen molar-refractivity contribution in [2.45, 2.75) is 6.42 Å². The quantitative estimate of drug-likeness (QED) is 0.676. The lowest BCUT2D eigenvalue weighted by molar-refractivity contribution is 0.0955. The van der Waals surface area contributed by atoms with Crippen molar-refractivity contribution in [3.05, 3.63) is 65.7 Å². The van der Waals surface area contributed by atoms with E-state index in [9.17, 15) is 4.79 Å². The number of nitrogens with zero attached hydrogens (tertiary/aromatic N) is 2. The maximum absolute atomic E-state index is 11.9. The second kappa shape index (κ2) is 7.24. The van der Waals surface area contributed by atoms with Gasteiger partial charge in [-0.3, -0.25) is 4.79 Å². The Kier molecular flexibility index (Phi) is 5.10. The van der Waals surface area contributed by atoms with E-state index in [0.717, 1.165) is 11.3 Å². The van der Waals surface area contributed by atoms with Gasteiger partial charge in [0.05, 0.1) is 0 Å². The predicted molar refractivity (Wildman–Crippen MR) is 86.9 cm³/mol. The minimum absolute atomic E-state index is 0.204. The van der Waals surface area contributed by atoms with E-state index in [1.807, 2.05) is 61.5 Å². The summed E-state index contributed by atoms with van der Waals surface area (Å²) in [6, 6.07) is 17.4. The van der Waals surface area contributed by atoms with Crippen LogP contribution in [0.5, 0.6) is 0 Å². The zero-order valence-electron chi connectivity index (χ0n) is 12.3. The van der Waals surface area contributed by atoms with E-state index in [-0.39, 0.29) is 5.91 Å². The average molecular weight is 281 g/mol. The van der Waals surface area contributed by atoms with Crippen molar-refractivity contribution in [1.29, 1.82) is 0 Å². The first-order chi connectivity index (χ1) is 10.2. The molecule has 0 bridgehead atoms.